The summed E-state index contributed by atoms with van der Waals surface area (Å²) in [4.78, 5) is 14.5. The maximum absolute atomic E-state index is 4.89. The average Bonchev–Trinajstić information content (AvgIpc) is 3.23. The minimum absolute atomic E-state index is 0.919. The van der Waals surface area contributed by atoms with Crippen LogP contribution in [0.5, 0.6) is 0 Å². The zero-order chi connectivity index (χ0) is 35.8. The predicted octanol–water partition coefficient (Wildman–Crippen LogP) is 12.1. The molecule has 3 aromatic heterocycles. The molecule has 3 heterocycles. The van der Waals surface area contributed by atoms with Gasteiger partial charge in [-0.05, 0) is 89.8 Å². The van der Waals surface area contributed by atoms with Crippen LogP contribution in [0.25, 0.3) is 56.0 Å². The normalized spacial score (nSPS) is 11.0. The van der Waals surface area contributed by atoms with E-state index in [4.69, 9.17) is 15.0 Å². The Kier molecular flexibility index (Phi) is 10.1. The Morgan fingerprint density at radius 1 is 0.321 bits per heavy atom. The first-order valence-corrected chi connectivity index (χ1v) is 18.4. The van der Waals surface area contributed by atoms with Crippen LogP contribution in [-0.2, 0) is 25.7 Å². The summed E-state index contributed by atoms with van der Waals surface area (Å²) in [6, 6.07) is 58.2. The summed E-state index contributed by atoms with van der Waals surface area (Å²) in [5.41, 5.74) is 17.5. The lowest BCUT2D eigenvalue weighted by Gasteiger charge is -2.15. The first-order chi connectivity index (χ1) is 26.1. The van der Waals surface area contributed by atoms with Crippen LogP contribution in [0, 0.1) is 6.92 Å². The van der Waals surface area contributed by atoms with Crippen molar-refractivity contribution in [3.8, 4) is 56.0 Å². The number of rotatable bonds is 11. The summed E-state index contributed by atoms with van der Waals surface area (Å²) in [6.45, 7) is 2.11. The molecule has 0 atom stereocenters. The van der Waals surface area contributed by atoms with Crippen molar-refractivity contribution in [3.05, 3.63) is 210 Å². The summed E-state index contributed by atoms with van der Waals surface area (Å²) >= 11 is 0. The van der Waals surface area contributed by atoms with Crippen molar-refractivity contribution in [3.63, 3.8) is 0 Å². The lowest BCUT2D eigenvalue weighted by atomic mass is 9.90. The van der Waals surface area contributed by atoms with Crippen molar-refractivity contribution >= 4 is 0 Å². The third-order valence-corrected chi connectivity index (χ3v) is 9.91. The van der Waals surface area contributed by atoms with Gasteiger partial charge in [0.2, 0.25) is 0 Å². The van der Waals surface area contributed by atoms with Crippen LogP contribution in [0.1, 0.15) is 27.8 Å². The minimum atomic E-state index is 0.919. The summed E-state index contributed by atoms with van der Waals surface area (Å²) in [5, 5.41) is 0. The van der Waals surface area contributed by atoms with E-state index in [0.717, 1.165) is 65.0 Å². The zero-order valence-corrected chi connectivity index (χ0v) is 30.0. The highest BCUT2D eigenvalue weighted by atomic mass is 14.7. The molecule has 53 heavy (non-hydrogen) atoms. The second kappa shape index (κ2) is 15.8. The van der Waals surface area contributed by atoms with E-state index in [1.807, 2.05) is 30.7 Å². The molecule has 0 aliphatic carbocycles. The predicted molar refractivity (Wildman–Crippen MR) is 219 cm³/mol. The third-order valence-electron chi connectivity index (χ3n) is 9.91. The SMILES string of the molecule is Cc1ccc(-c2ccc(-c3ccccc3-c3cc(CCc4ccc(-c5ccccc5)nc4)cc(CCc4ccc(-c5ccccc5)nc4)c3)cn2)cc1. The van der Waals surface area contributed by atoms with Crippen LogP contribution < -0.4 is 0 Å². The van der Waals surface area contributed by atoms with E-state index in [2.05, 4.69) is 159 Å². The minimum Gasteiger partial charge on any atom is -0.256 e. The number of pyridine rings is 3. The molecule has 0 bridgehead atoms. The molecule has 3 heteroatoms. The smallest absolute Gasteiger partial charge is 0.0702 e. The topological polar surface area (TPSA) is 38.7 Å². The molecule has 0 radical (unpaired) electrons. The van der Waals surface area contributed by atoms with Crippen LogP contribution in [-0.4, -0.2) is 15.0 Å². The highest BCUT2D eigenvalue weighted by molar-refractivity contribution is 5.84. The summed E-state index contributed by atoms with van der Waals surface area (Å²) in [7, 11) is 0. The molecule has 8 aromatic rings. The fourth-order valence-corrected chi connectivity index (χ4v) is 6.92. The van der Waals surface area contributed by atoms with Crippen LogP contribution >= 0.6 is 0 Å². The number of benzene rings is 5. The molecule has 256 valence electrons. The van der Waals surface area contributed by atoms with Gasteiger partial charge in [0.05, 0.1) is 17.1 Å². The molecule has 0 aliphatic rings. The van der Waals surface area contributed by atoms with Crippen LogP contribution in [0.2, 0.25) is 0 Å². The van der Waals surface area contributed by atoms with Crippen molar-refractivity contribution in [1.29, 1.82) is 0 Å². The van der Waals surface area contributed by atoms with E-state index < -0.39 is 0 Å². The maximum atomic E-state index is 4.89. The van der Waals surface area contributed by atoms with Crippen LogP contribution in [0.4, 0.5) is 0 Å². The van der Waals surface area contributed by atoms with Gasteiger partial charge in [-0.25, -0.2) is 0 Å². The van der Waals surface area contributed by atoms with Gasteiger partial charge in [-0.15, -0.1) is 0 Å². The number of aryl methyl sites for hydroxylation is 5. The molecule has 8 rings (SSSR count). The lowest BCUT2D eigenvalue weighted by molar-refractivity contribution is 0.923. The third kappa shape index (κ3) is 8.21. The van der Waals surface area contributed by atoms with E-state index in [-0.39, 0.29) is 0 Å². The molecular formula is C50H41N3. The molecular weight excluding hydrogens is 643 g/mol. The van der Waals surface area contributed by atoms with Gasteiger partial charge in [0, 0.05) is 40.8 Å². The van der Waals surface area contributed by atoms with Crippen molar-refractivity contribution in [2.45, 2.75) is 32.6 Å². The van der Waals surface area contributed by atoms with Gasteiger partial charge in [-0.2, -0.15) is 0 Å². The Morgan fingerprint density at radius 3 is 1.21 bits per heavy atom. The number of nitrogens with zero attached hydrogens (tertiary/aromatic N) is 3. The Labute approximate surface area is 312 Å². The van der Waals surface area contributed by atoms with Crippen molar-refractivity contribution in [1.82, 2.24) is 15.0 Å². The van der Waals surface area contributed by atoms with Gasteiger partial charge in [0.25, 0.3) is 0 Å². The molecule has 0 saturated carbocycles. The van der Waals surface area contributed by atoms with E-state index in [0.29, 0.717) is 0 Å². The Morgan fingerprint density at radius 2 is 0.736 bits per heavy atom. The Balaban J connectivity index is 1.07. The quantitative estimate of drug-likeness (QED) is 0.136. The summed E-state index contributed by atoms with van der Waals surface area (Å²) in [5.74, 6) is 0. The fraction of sp³-hybridized carbons (Fsp3) is 0.100. The summed E-state index contributed by atoms with van der Waals surface area (Å²) in [6.07, 6.45) is 9.76. The first-order valence-electron chi connectivity index (χ1n) is 18.4. The van der Waals surface area contributed by atoms with E-state index in [1.54, 1.807) is 0 Å². The number of hydrogen-bond acceptors (Lipinski definition) is 3. The van der Waals surface area contributed by atoms with Gasteiger partial charge >= 0.3 is 0 Å². The fourth-order valence-electron chi connectivity index (χ4n) is 6.92. The zero-order valence-electron chi connectivity index (χ0n) is 30.0. The molecule has 0 spiro atoms. The largest absolute Gasteiger partial charge is 0.256 e. The molecule has 3 nitrogen and oxygen atoms in total. The first kappa shape index (κ1) is 33.7. The molecule has 0 unspecified atom stereocenters. The molecule has 0 N–H and O–H groups in total. The van der Waals surface area contributed by atoms with Crippen LogP contribution in [0.15, 0.2) is 182 Å². The molecule has 0 aliphatic heterocycles. The number of aromatic nitrogens is 3. The molecule has 0 saturated heterocycles. The molecule has 0 fully saturated rings. The highest BCUT2D eigenvalue weighted by Crippen LogP contribution is 2.34. The molecule has 5 aromatic carbocycles. The molecule has 0 amide bonds. The Hall–Kier alpha value is -6.45. The van der Waals surface area contributed by atoms with E-state index >= 15 is 0 Å². The second-order valence-electron chi connectivity index (χ2n) is 13.7. The van der Waals surface area contributed by atoms with Gasteiger partial charge < -0.3 is 0 Å². The second-order valence-corrected chi connectivity index (χ2v) is 13.7. The lowest BCUT2D eigenvalue weighted by Crippen LogP contribution is -1.98. The van der Waals surface area contributed by atoms with Gasteiger partial charge in [-0.1, -0.05) is 151 Å². The standard InChI is InChI=1S/C50H41N3/c1-36-16-24-43(25-17-36)50-29-26-44(35-53-50)46-14-8-9-15-47(46)45-31-39(20-18-37-22-27-48(51-33-37)41-10-4-2-5-11-41)30-40(32-45)21-19-38-23-28-49(52-34-38)42-12-6-3-7-13-42/h2-17,22-35H,18-21H2,1H3. The average molecular weight is 684 g/mol. The van der Waals surface area contributed by atoms with Crippen molar-refractivity contribution < 1.29 is 0 Å². The van der Waals surface area contributed by atoms with Gasteiger partial charge in [0.15, 0.2) is 0 Å². The monoisotopic (exact) mass is 683 g/mol. The van der Waals surface area contributed by atoms with E-state index in [1.165, 1.54) is 44.5 Å². The highest BCUT2D eigenvalue weighted by Gasteiger charge is 2.12. The summed E-state index contributed by atoms with van der Waals surface area (Å²) < 4.78 is 0. The van der Waals surface area contributed by atoms with Crippen molar-refractivity contribution in [2.75, 3.05) is 0 Å². The van der Waals surface area contributed by atoms with Crippen molar-refractivity contribution in [2.24, 2.45) is 0 Å². The van der Waals surface area contributed by atoms with Gasteiger partial charge in [0.1, 0.15) is 0 Å². The maximum Gasteiger partial charge on any atom is 0.0702 e. The van der Waals surface area contributed by atoms with Gasteiger partial charge in [-0.3, -0.25) is 15.0 Å². The number of hydrogen-bond donors (Lipinski definition) is 0. The van der Waals surface area contributed by atoms with Crippen LogP contribution in [0.3, 0.4) is 0 Å². The Bertz CT molecular complexity index is 2290. The van der Waals surface area contributed by atoms with E-state index in [9.17, 15) is 0 Å².